The quantitative estimate of drug-likeness (QED) is 0.871. The Morgan fingerprint density at radius 2 is 2.05 bits per heavy atom. The van der Waals surface area contributed by atoms with Crippen molar-refractivity contribution in [3.63, 3.8) is 0 Å². The van der Waals surface area contributed by atoms with Gasteiger partial charge in [0.1, 0.15) is 22.1 Å². The number of nitrogens with one attached hydrogen (secondary N) is 1. The molecule has 2 rings (SSSR count). The van der Waals surface area contributed by atoms with Crippen LogP contribution in [0.15, 0.2) is 23.1 Å². The fourth-order valence-electron chi connectivity index (χ4n) is 1.78. The molecule has 0 aliphatic rings. The van der Waals surface area contributed by atoms with Crippen LogP contribution in [0, 0.1) is 0 Å². The molecule has 0 fully saturated rings. The van der Waals surface area contributed by atoms with Crippen LogP contribution in [0.25, 0.3) is 0 Å². The highest BCUT2D eigenvalue weighted by molar-refractivity contribution is 9.10. The smallest absolute Gasteiger partial charge is 0.137 e. The first kappa shape index (κ1) is 15.0. The summed E-state index contributed by atoms with van der Waals surface area (Å²) < 4.78 is 2.83. The molecule has 5 nitrogen and oxygen atoms in total. The number of anilines is 1. The molecule has 0 amide bonds. The van der Waals surface area contributed by atoms with Gasteiger partial charge in [-0.05, 0) is 15.9 Å². The molecule has 2 aromatic heterocycles. The lowest BCUT2D eigenvalue weighted by Gasteiger charge is -2.18. The Morgan fingerprint density at radius 3 is 2.65 bits per heavy atom. The van der Waals surface area contributed by atoms with Gasteiger partial charge in [0.25, 0.3) is 0 Å². The number of halogens is 1. The Bertz CT molecular complexity index is 585. The predicted molar refractivity (Wildman–Crippen MR) is 83.8 cm³/mol. The van der Waals surface area contributed by atoms with Gasteiger partial charge in [-0.2, -0.15) is 0 Å². The zero-order valence-corrected chi connectivity index (χ0v) is 13.9. The standard InChI is InChI=1S/C14H20BrN5/c1-14(2,3)13-18-10(15)9-11(19-13)16-6-5-12-17-7-8-20(12)4/h7-9H,5-6H2,1-4H3,(H,16,18,19). The number of imidazole rings is 1. The Kier molecular flexibility index (Phi) is 4.42. The van der Waals surface area contributed by atoms with E-state index >= 15 is 0 Å². The maximum absolute atomic E-state index is 4.57. The van der Waals surface area contributed by atoms with Crippen molar-refractivity contribution >= 4 is 21.7 Å². The number of aryl methyl sites for hydroxylation is 1. The highest BCUT2D eigenvalue weighted by Gasteiger charge is 2.18. The molecular formula is C14H20BrN5. The van der Waals surface area contributed by atoms with Crippen LogP contribution in [-0.2, 0) is 18.9 Å². The molecule has 0 saturated carbocycles. The summed E-state index contributed by atoms with van der Waals surface area (Å²) >= 11 is 3.44. The lowest BCUT2D eigenvalue weighted by molar-refractivity contribution is 0.544. The van der Waals surface area contributed by atoms with Crippen molar-refractivity contribution in [2.45, 2.75) is 32.6 Å². The van der Waals surface area contributed by atoms with E-state index in [0.717, 1.165) is 35.0 Å². The van der Waals surface area contributed by atoms with Crippen molar-refractivity contribution in [2.75, 3.05) is 11.9 Å². The summed E-state index contributed by atoms with van der Waals surface area (Å²) in [5.41, 5.74) is -0.0696. The minimum atomic E-state index is -0.0696. The van der Waals surface area contributed by atoms with E-state index in [2.05, 4.69) is 57.0 Å². The molecule has 0 atom stereocenters. The molecule has 0 radical (unpaired) electrons. The number of rotatable bonds is 4. The van der Waals surface area contributed by atoms with Gasteiger partial charge in [-0.15, -0.1) is 0 Å². The van der Waals surface area contributed by atoms with E-state index in [4.69, 9.17) is 0 Å². The van der Waals surface area contributed by atoms with E-state index in [9.17, 15) is 0 Å². The van der Waals surface area contributed by atoms with Crippen LogP contribution in [0.4, 0.5) is 5.82 Å². The number of hydrogen-bond donors (Lipinski definition) is 1. The van der Waals surface area contributed by atoms with Crippen LogP contribution in [0.5, 0.6) is 0 Å². The number of aromatic nitrogens is 4. The zero-order chi connectivity index (χ0) is 14.8. The third-order valence-electron chi connectivity index (χ3n) is 2.94. The summed E-state index contributed by atoms with van der Waals surface area (Å²) in [5.74, 6) is 2.72. The molecule has 0 aromatic carbocycles. The largest absolute Gasteiger partial charge is 0.369 e. The molecule has 0 aliphatic heterocycles. The van der Waals surface area contributed by atoms with Gasteiger partial charge in [-0.25, -0.2) is 15.0 Å². The minimum absolute atomic E-state index is 0.0696. The molecule has 0 unspecified atom stereocenters. The second kappa shape index (κ2) is 5.91. The van der Waals surface area contributed by atoms with Crippen LogP contribution in [0.2, 0.25) is 0 Å². The molecule has 0 bridgehead atoms. The Morgan fingerprint density at radius 1 is 1.30 bits per heavy atom. The number of hydrogen-bond acceptors (Lipinski definition) is 4. The SMILES string of the molecule is Cn1ccnc1CCNc1cc(Br)nc(C(C)(C)C)n1. The summed E-state index contributed by atoms with van der Waals surface area (Å²) in [5, 5.41) is 3.33. The van der Waals surface area contributed by atoms with Gasteiger partial charge in [-0.1, -0.05) is 20.8 Å². The first-order valence-electron chi connectivity index (χ1n) is 6.61. The van der Waals surface area contributed by atoms with E-state index in [1.54, 1.807) is 0 Å². The molecule has 20 heavy (non-hydrogen) atoms. The highest BCUT2D eigenvalue weighted by atomic mass is 79.9. The molecule has 108 valence electrons. The van der Waals surface area contributed by atoms with Gasteiger partial charge < -0.3 is 9.88 Å². The fourth-order valence-corrected chi connectivity index (χ4v) is 2.17. The molecule has 2 aromatic rings. The number of nitrogens with zero attached hydrogens (tertiary/aromatic N) is 4. The van der Waals surface area contributed by atoms with E-state index in [1.165, 1.54) is 0 Å². The molecule has 0 saturated heterocycles. The van der Waals surface area contributed by atoms with Crippen LogP contribution in [0.1, 0.15) is 32.4 Å². The van der Waals surface area contributed by atoms with Gasteiger partial charge in [-0.3, -0.25) is 0 Å². The third kappa shape index (κ3) is 3.79. The highest BCUT2D eigenvalue weighted by Crippen LogP contribution is 2.22. The monoisotopic (exact) mass is 337 g/mol. The first-order chi connectivity index (χ1) is 9.36. The second-order valence-electron chi connectivity index (χ2n) is 5.78. The van der Waals surface area contributed by atoms with Crippen LogP contribution >= 0.6 is 15.9 Å². The lowest BCUT2D eigenvalue weighted by Crippen LogP contribution is -2.18. The topological polar surface area (TPSA) is 55.6 Å². The van der Waals surface area contributed by atoms with Gasteiger partial charge >= 0.3 is 0 Å². The molecule has 1 N–H and O–H groups in total. The molecule has 0 aliphatic carbocycles. The maximum Gasteiger partial charge on any atom is 0.137 e. The third-order valence-corrected chi connectivity index (χ3v) is 3.35. The Balaban J connectivity index is 2.03. The fraction of sp³-hybridized carbons (Fsp3) is 0.500. The van der Waals surface area contributed by atoms with Crippen LogP contribution in [0.3, 0.4) is 0 Å². The van der Waals surface area contributed by atoms with Crippen molar-refractivity contribution in [1.82, 2.24) is 19.5 Å². The van der Waals surface area contributed by atoms with Crippen LogP contribution in [-0.4, -0.2) is 26.1 Å². The van der Waals surface area contributed by atoms with Gasteiger partial charge in [0, 0.05) is 43.9 Å². The summed E-state index contributed by atoms with van der Waals surface area (Å²) in [6.45, 7) is 7.10. The van der Waals surface area contributed by atoms with Gasteiger partial charge in [0.15, 0.2) is 0 Å². The van der Waals surface area contributed by atoms with Gasteiger partial charge in [0.05, 0.1) is 0 Å². The van der Waals surface area contributed by atoms with E-state index in [0.29, 0.717) is 0 Å². The second-order valence-corrected chi connectivity index (χ2v) is 6.59. The summed E-state index contributed by atoms with van der Waals surface area (Å²) in [6.07, 6.45) is 4.62. The Labute approximate surface area is 128 Å². The lowest BCUT2D eigenvalue weighted by atomic mass is 9.96. The van der Waals surface area contributed by atoms with Crippen molar-refractivity contribution in [2.24, 2.45) is 7.05 Å². The van der Waals surface area contributed by atoms with Crippen molar-refractivity contribution in [1.29, 1.82) is 0 Å². The maximum atomic E-state index is 4.57. The molecule has 0 spiro atoms. The zero-order valence-electron chi connectivity index (χ0n) is 12.3. The van der Waals surface area contributed by atoms with Crippen molar-refractivity contribution < 1.29 is 0 Å². The van der Waals surface area contributed by atoms with E-state index < -0.39 is 0 Å². The normalized spacial score (nSPS) is 11.7. The van der Waals surface area contributed by atoms with Crippen molar-refractivity contribution in [3.05, 3.63) is 34.7 Å². The summed E-state index contributed by atoms with van der Waals surface area (Å²) in [4.78, 5) is 13.3. The minimum Gasteiger partial charge on any atom is -0.369 e. The van der Waals surface area contributed by atoms with E-state index in [1.807, 2.05) is 30.1 Å². The summed E-state index contributed by atoms with van der Waals surface area (Å²) in [7, 11) is 2.00. The predicted octanol–water partition coefficient (Wildman–Crippen LogP) is 2.92. The Hall–Kier alpha value is -1.43. The molecule has 2 heterocycles. The van der Waals surface area contributed by atoms with E-state index in [-0.39, 0.29) is 5.41 Å². The molecule has 6 heteroatoms. The first-order valence-corrected chi connectivity index (χ1v) is 7.41. The summed E-state index contributed by atoms with van der Waals surface area (Å²) in [6, 6.07) is 1.90. The average molecular weight is 338 g/mol. The molecular weight excluding hydrogens is 318 g/mol. The van der Waals surface area contributed by atoms with Crippen LogP contribution < -0.4 is 5.32 Å². The van der Waals surface area contributed by atoms with Gasteiger partial charge in [0.2, 0.25) is 0 Å². The van der Waals surface area contributed by atoms with Crippen molar-refractivity contribution in [3.8, 4) is 0 Å². The average Bonchev–Trinajstić information content (AvgIpc) is 2.73.